The van der Waals surface area contributed by atoms with Gasteiger partial charge in [0, 0.05) is 12.1 Å². The lowest BCUT2D eigenvalue weighted by Gasteiger charge is -2.26. The number of quaternary nitrogens is 1. The average Bonchev–Trinajstić information content (AvgIpc) is 2.97. The molecule has 2 saturated heterocycles. The Hall–Kier alpha value is -2.43. The van der Waals surface area contributed by atoms with Gasteiger partial charge in [0.15, 0.2) is 6.67 Å². The van der Waals surface area contributed by atoms with Crippen molar-refractivity contribution in [2.45, 2.75) is 18.6 Å². The van der Waals surface area contributed by atoms with Crippen LogP contribution in [0.4, 0.5) is 10.5 Å². The number of imide groups is 1. The molecule has 29 heavy (non-hydrogen) atoms. The van der Waals surface area contributed by atoms with E-state index >= 15 is 0 Å². The van der Waals surface area contributed by atoms with E-state index in [9.17, 15) is 19.2 Å². The quantitative estimate of drug-likeness (QED) is 0.602. The highest BCUT2D eigenvalue weighted by Crippen LogP contribution is 2.28. The molecule has 0 spiro atoms. The fraction of sp³-hybridized carbons (Fsp3) is 0.474. The molecule has 0 aliphatic carbocycles. The van der Waals surface area contributed by atoms with Gasteiger partial charge in [-0.2, -0.15) is 0 Å². The smallest absolute Gasteiger partial charge is 0.338 e. The molecule has 2 N–H and O–H groups in total. The molecule has 2 heterocycles. The fourth-order valence-corrected chi connectivity index (χ4v) is 4.09. The Morgan fingerprint density at radius 3 is 2.59 bits per heavy atom. The number of nitrogens with zero attached hydrogens (tertiary/aromatic N) is 1. The van der Waals surface area contributed by atoms with E-state index in [0.29, 0.717) is 31.1 Å². The molecule has 0 unspecified atom stereocenters. The minimum absolute atomic E-state index is 0.0934. The maximum atomic E-state index is 12.6. The SMILES string of the molecule is CCOC(=O)c1ccc(NC(=O)C[C@H]2SC(=O)N(C[NH+]3CCOCC3)C2=O)cc1. The van der Waals surface area contributed by atoms with Gasteiger partial charge in [0.2, 0.25) is 11.8 Å². The van der Waals surface area contributed by atoms with E-state index in [1.807, 2.05) is 0 Å². The molecule has 2 aliphatic rings. The van der Waals surface area contributed by atoms with Crippen molar-refractivity contribution in [1.29, 1.82) is 0 Å². The van der Waals surface area contributed by atoms with Crippen molar-refractivity contribution in [1.82, 2.24) is 4.90 Å². The fourth-order valence-electron chi connectivity index (χ4n) is 3.10. The molecule has 156 valence electrons. The number of hydrogen-bond donors (Lipinski definition) is 2. The monoisotopic (exact) mass is 422 g/mol. The number of thioether (sulfide) groups is 1. The molecule has 3 amide bonds. The van der Waals surface area contributed by atoms with E-state index in [0.717, 1.165) is 29.8 Å². The maximum Gasteiger partial charge on any atom is 0.338 e. The summed E-state index contributed by atoms with van der Waals surface area (Å²) in [5, 5.41) is 1.66. The minimum atomic E-state index is -0.721. The zero-order chi connectivity index (χ0) is 20.8. The molecule has 10 heteroatoms. The van der Waals surface area contributed by atoms with Crippen molar-refractivity contribution in [2.24, 2.45) is 0 Å². The average molecular weight is 422 g/mol. The molecule has 9 nitrogen and oxygen atoms in total. The topological polar surface area (TPSA) is 106 Å². The Morgan fingerprint density at radius 1 is 1.24 bits per heavy atom. The van der Waals surface area contributed by atoms with Gasteiger partial charge >= 0.3 is 5.97 Å². The van der Waals surface area contributed by atoms with Crippen LogP contribution in [-0.4, -0.2) is 72.8 Å². The predicted octanol–water partition coefficient (Wildman–Crippen LogP) is 0.129. The van der Waals surface area contributed by atoms with Crippen LogP contribution in [-0.2, 0) is 19.1 Å². The molecule has 2 fully saturated rings. The van der Waals surface area contributed by atoms with Gasteiger partial charge in [-0.05, 0) is 31.2 Å². The Kier molecular flexibility index (Phi) is 7.24. The Labute approximate surface area is 172 Å². The highest BCUT2D eigenvalue weighted by atomic mass is 32.2. The summed E-state index contributed by atoms with van der Waals surface area (Å²) in [6, 6.07) is 6.29. The number of nitrogens with one attached hydrogen (secondary N) is 2. The van der Waals surface area contributed by atoms with Gasteiger partial charge in [-0.1, -0.05) is 11.8 Å². The minimum Gasteiger partial charge on any atom is -0.462 e. The predicted molar refractivity (Wildman–Crippen MR) is 106 cm³/mol. The number of rotatable bonds is 7. The van der Waals surface area contributed by atoms with Crippen LogP contribution >= 0.6 is 11.8 Å². The van der Waals surface area contributed by atoms with E-state index in [1.54, 1.807) is 31.2 Å². The molecule has 0 bridgehead atoms. The van der Waals surface area contributed by atoms with Gasteiger partial charge < -0.3 is 19.7 Å². The third-order valence-corrected chi connectivity index (χ3v) is 5.71. The molecule has 0 aromatic heterocycles. The summed E-state index contributed by atoms with van der Waals surface area (Å²) in [5.74, 6) is -1.13. The van der Waals surface area contributed by atoms with Gasteiger partial charge in [0.05, 0.1) is 25.4 Å². The second-order valence-electron chi connectivity index (χ2n) is 6.71. The third kappa shape index (κ3) is 5.55. The van der Waals surface area contributed by atoms with Crippen molar-refractivity contribution >= 4 is 40.5 Å². The molecule has 1 aromatic carbocycles. The van der Waals surface area contributed by atoms with Crippen LogP contribution in [0, 0.1) is 0 Å². The first-order chi connectivity index (χ1) is 14.0. The van der Waals surface area contributed by atoms with Crippen molar-refractivity contribution in [3.8, 4) is 0 Å². The molecule has 0 saturated carbocycles. The number of carbonyl (C=O) groups excluding carboxylic acids is 4. The van der Waals surface area contributed by atoms with Crippen LogP contribution in [0.15, 0.2) is 24.3 Å². The lowest BCUT2D eigenvalue weighted by molar-refractivity contribution is -0.915. The first-order valence-electron chi connectivity index (χ1n) is 9.48. The van der Waals surface area contributed by atoms with Crippen LogP contribution in [0.5, 0.6) is 0 Å². The van der Waals surface area contributed by atoms with E-state index < -0.39 is 11.2 Å². The molecule has 0 radical (unpaired) electrons. The summed E-state index contributed by atoms with van der Waals surface area (Å²) in [6.07, 6.45) is -0.0934. The number of amides is 3. The zero-order valence-corrected chi connectivity index (χ0v) is 17.0. The number of anilines is 1. The molecule has 3 rings (SSSR count). The van der Waals surface area contributed by atoms with Gasteiger partial charge in [0.1, 0.15) is 18.3 Å². The van der Waals surface area contributed by atoms with Crippen LogP contribution in [0.1, 0.15) is 23.7 Å². The molecule has 1 atom stereocenters. The summed E-state index contributed by atoms with van der Waals surface area (Å²) in [7, 11) is 0. The third-order valence-electron chi connectivity index (χ3n) is 4.64. The number of hydrogen-bond acceptors (Lipinski definition) is 7. The van der Waals surface area contributed by atoms with Gasteiger partial charge in [-0.25, -0.2) is 9.69 Å². The maximum absolute atomic E-state index is 12.6. The Balaban J connectivity index is 1.51. The van der Waals surface area contributed by atoms with E-state index in [2.05, 4.69) is 5.32 Å². The van der Waals surface area contributed by atoms with Crippen LogP contribution in [0.25, 0.3) is 0 Å². The number of carbonyl (C=O) groups is 4. The van der Waals surface area contributed by atoms with Crippen LogP contribution in [0.2, 0.25) is 0 Å². The number of esters is 1. The van der Waals surface area contributed by atoms with Crippen LogP contribution in [0.3, 0.4) is 0 Å². The summed E-state index contributed by atoms with van der Waals surface area (Å²) < 4.78 is 10.2. The van der Waals surface area contributed by atoms with Crippen molar-refractivity contribution in [3.63, 3.8) is 0 Å². The van der Waals surface area contributed by atoms with Crippen molar-refractivity contribution < 1.29 is 33.6 Å². The summed E-state index contributed by atoms with van der Waals surface area (Å²) in [4.78, 5) is 51.1. The largest absolute Gasteiger partial charge is 0.462 e. The van der Waals surface area contributed by atoms with E-state index in [1.165, 1.54) is 4.90 Å². The van der Waals surface area contributed by atoms with Gasteiger partial charge in [-0.3, -0.25) is 14.4 Å². The zero-order valence-electron chi connectivity index (χ0n) is 16.1. The first kappa shape index (κ1) is 21.3. The summed E-state index contributed by atoms with van der Waals surface area (Å²) in [5.41, 5.74) is 0.887. The highest BCUT2D eigenvalue weighted by molar-refractivity contribution is 8.15. The normalized spacial score (nSPS) is 20.0. The summed E-state index contributed by atoms with van der Waals surface area (Å²) in [6.45, 7) is 5.03. The number of benzene rings is 1. The van der Waals surface area contributed by atoms with Crippen molar-refractivity contribution in [2.75, 3.05) is 44.9 Å². The Morgan fingerprint density at radius 2 is 1.93 bits per heavy atom. The molecule has 2 aliphatic heterocycles. The Bertz CT molecular complexity index is 779. The van der Waals surface area contributed by atoms with Gasteiger partial charge in [-0.15, -0.1) is 0 Å². The highest BCUT2D eigenvalue weighted by Gasteiger charge is 2.42. The first-order valence-corrected chi connectivity index (χ1v) is 10.4. The summed E-state index contributed by atoms with van der Waals surface area (Å²) >= 11 is 0.892. The number of ether oxygens (including phenoxy) is 2. The van der Waals surface area contributed by atoms with Gasteiger partial charge in [0.25, 0.3) is 5.24 Å². The second kappa shape index (κ2) is 9.86. The second-order valence-corrected chi connectivity index (χ2v) is 7.86. The van der Waals surface area contributed by atoms with E-state index in [-0.39, 0.29) is 30.1 Å². The molecule has 1 aromatic rings. The van der Waals surface area contributed by atoms with Crippen LogP contribution < -0.4 is 10.2 Å². The standard InChI is InChI=1S/C19H23N3O6S/c1-2-28-18(25)13-3-5-14(6-4-13)20-16(23)11-15-17(24)22(19(26)29-15)12-21-7-9-27-10-8-21/h3-6,15H,2,7-12H2,1H3,(H,20,23)/p+1/t15-/m1/s1. The lowest BCUT2D eigenvalue weighted by atomic mass is 10.2. The molecular weight excluding hydrogens is 398 g/mol. The molecular formula is C19H24N3O6S+. The lowest BCUT2D eigenvalue weighted by Crippen LogP contribution is -3.15. The van der Waals surface area contributed by atoms with E-state index in [4.69, 9.17) is 9.47 Å². The van der Waals surface area contributed by atoms with Crippen molar-refractivity contribution in [3.05, 3.63) is 29.8 Å². The number of morpholine rings is 1.